The normalized spacial score (nSPS) is 11.5. The highest BCUT2D eigenvalue weighted by Gasteiger charge is 2.09. The number of aryl methyl sites for hydroxylation is 1. The molecule has 0 radical (unpaired) electrons. The Labute approximate surface area is 143 Å². The Balaban J connectivity index is 2.01. The van der Waals surface area contributed by atoms with Gasteiger partial charge in [0.15, 0.2) is 0 Å². The molecule has 1 heterocycles. The third kappa shape index (κ3) is 4.80. The second-order valence-electron chi connectivity index (χ2n) is 5.47. The van der Waals surface area contributed by atoms with Gasteiger partial charge in [0, 0.05) is 24.2 Å². The standard InChI is InChI=1S/C20H25NOS/c1-5-17-9-6-7-10-18(17)12-13-21(3)16(2)20(23-4)15-19-11-8-14-22-19/h6-11,14-15H,2,5,12-13H2,1,3-4H3/b20-15+. The Morgan fingerprint density at radius 2 is 1.96 bits per heavy atom. The Bertz CT molecular complexity index is 658. The SMILES string of the molecule is C=C(/C(=C\c1ccco1)SC)N(C)CCc1ccccc1CC. The average Bonchev–Trinajstić information content (AvgIpc) is 3.10. The van der Waals surface area contributed by atoms with Gasteiger partial charge in [0.25, 0.3) is 0 Å². The molecule has 23 heavy (non-hydrogen) atoms. The zero-order valence-electron chi connectivity index (χ0n) is 14.2. The van der Waals surface area contributed by atoms with Crippen LogP contribution in [0.15, 0.2) is 64.3 Å². The Morgan fingerprint density at radius 1 is 1.22 bits per heavy atom. The molecule has 0 bridgehead atoms. The van der Waals surface area contributed by atoms with Crippen molar-refractivity contribution in [3.8, 4) is 0 Å². The maximum Gasteiger partial charge on any atom is 0.127 e. The number of hydrogen-bond acceptors (Lipinski definition) is 3. The van der Waals surface area contributed by atoms with Crippen LogP contribution in [0, 0.1) is 0 Å². The number of hydrogen-bond donors (Lipinski definition) is 0. The fourth-order valence-corrected chi connectivity index (χ4v) is 3.15. The van der Waals surface area contributed by atoms with Crippen molar-refractivity contribution in [1.82, 2.24) is 4.90 Å². The summed E-state index contributed by atoms with van der Waals surface area (Å²) in [5.41, 5.74) is 3.89. The van der Waals surface area contributed by atoms with Crippen molar-refractivity contribution in [1.29, 1.82) is 0 Å². The average molecular weight is 327 g/mol. The van der Waals surface area contributed by atoms with E-state index in [-0.39, 0.29) is 0 Å². The lowest BCUT2D eigenvalue weighted by atomic mass is 10.0. The molecule has 1 aromatic carbocycles. The van der Waals surface area contributed by atoms with Crippen LogP contribution in [-0.4, -0.2) is 24.7 Å². The molecule has 2 aromatic rings. The van der Waals surface area contributed by atoms with E-state index < -0.39 is 0 Å². The predicted octanol–water partition coefficient (Wildman–Crippen LogP) is 5.23. The van der Waals surface area contributed by atoms with Gasteiger partial charge in [-0.05, 0) is 48.4 Å². The van der Waals surface area contributed by atoms with Crippen LogP contribution in [0.3, 0.4) is 0 Å². The smallest absolute Gasteiger partial charge is 0.127 e. The van der Waals surface area contributed by atoms with Gasteiger partial charge in [-0.25, -0.2) is 0 Å². The van der Waals surface area contributed by atoms with Crippen molar-refractivity contribution in [3.63, 3.8) is 0 Å². The molecule has 0 atom stereocenters. The van der Waals surface area contributed by atoms with E-state index in [1.165, 1.54) is 11.1 Å². The van der Waals surface area contributed by atoms with Gasteiger partial charge in [-0.3, -0.25) is 0 Å². The molecule has 0 fully saturated rings. The number of rotatable bonds is 8. The molecule has 2 rings (SSSR count). The summed E-state index contributed by atoms with van der Waals surface area (Å²) >= 11 is 1.69. The maximum absolute atomic E-state index is 5.41. The molecule has 122 valence electrons. The highest BCUT2D eigenvalue weighted by atomic mass is 32.2. The summed E-state index contributed by atoms with van der Waals surface area (Å²) in [5, 5.41) is 0. The molecule has 0 aliphatic rings. The summed E-state index contributed by atoms with van der Waals surface area (Å²) in [6, 6.07) is 12.5. The molecule has 3 heteroatoms. The molecule has 0 aliphatic carbocycles. The maximum atomic E-state index is 5.41. The summed E-state index contributed by atoms with van der Waals surface area (Å²) in [6.07, 6.45) is 7.92. The topological polar surface area (TPSA) is 16.4 Å². The number of thioether (sulfide) groups is 1. The van der Waals surface area contributed by atoms with Crippen LogP contribution in [0.5, 0.6) is 0 Å². The molecule has 0 aliphatic heterocycles. The van der Waals surface area contributed by atoms with Crippen LogP contribution < -0.4 is 0 Å². The Hall–Kier alpha value is -1.87. The second-order valence-corrected chi connectivity index (χ2v) is 6.32. The molecule has 0 saturated carbocycles. The largest absolute Gasteiger partial charge is 0.465 e. The monoisotopic (exact) mass is 327 g/mol. The summed E-state index contributed by atoms with van der Waals surface area (Å²) in [5.74, 6) is 0.861. The fourth-order valence-electron chi connectivity index (χ4n) is 2.52. The van der Waals surface area contributed by atoms with Crippen molar-refractivity contribution in [3.05, 3.63) is 76.7 Å². The summed E-state index contributed by atoms with van der Waals surface area (Å²) in [6.45, 7) is 7.41. The summed E-state index contributed by atoms with van der Waals surface area (Å²) < 4.78 is 5.41. The zero-order chi connectivity index (χ0) is 16.7. The molecule has 1 aromatic heterocycles. The van der Waals surface area contributed by atoms with Crippen molar-refractivity contribution < 1.29 is 4.42 Å². The predicted molar refractivity (Wildman–Crippen MR) is 101 cm³/mol. The van der Waals surface area contributed by atoms with Crippen LogP contribution in [-0.2, 0) is 12.8 Å². The van der Waals surface area contributed by atoms with Crippen molar-refractivity contribution in [2.45, 2.75) is 19.8 Å². The Kier molecular flexibility index (Phi) is 6.60. The van der Waals surface area contributed by atoms with Crippen molar-refractivity contribution >= 4 is 17.8 Å². The van der Waals surface area contributed by atoms with Gasteiger partial charge >= 0.3 is 0 Å². The first-order chi connectivity index (χ1) is 11.2. The zero-order valence-corrected chi connectivity index (χ0v) is 15.0. The van der Waals surface area contributed by atoms with Gasteiger partial charge in [0.1, 0.15) is 5.76 Å². The lowest BCUT2D eigenvalue weighted by molar-refractivity contribution is 0.435. The van der Waals surface area contributed by atoms with E-state index in [0.717, 1.165) is 35.7 Å². The molecule has 0 saturated heterocycles. The quantitative estimate of drug-likeness (QED) is 0.617. The molecular weight excluding hydrogens is 302 g/mol. The highest BCUT2D eigenvalue weighted by Crippen LogP contribution is 2.25. The molecule has 2 nitrogen and oxygen atoms in total. The van der Waals surface area contributed by atoms with Crippen LogP contribution >= 0.6 is 11.8 Å². The first kappa shape index (κ1) is 17.5. The number of nitrogens with zero attached hydrogens (tertiary/aromatic N) is 1. The van der Waals surface area contributed by atoms with E-state index in [2.05, 4.69) is 56.0 Å². The lowest BCUT2D eigenvalue weighted by Crippen LogP contribution is -2.21. The van der Waals surface area contributed by atoms with Gasteiger partial charge in [0.05, 0.1) is 6.26 Å². The van der Waals surface area contributed by atoms with Gasteiger partial charge < -0.3 is 9.32 Å². The van der Waals surface area contributed by atoms with Crippen LogP contribution in [0.1, 0.15) is 23.8 Å². The first-order valence-electron chi connectivity index (χ1n) is 7.92. The van der Waals surface area contributed by atoms with Crippen LogP contribution in [0.4, 0.5) is 0 Å². The second kappa shape index (κ2) is 8.68. The van der Waals surface area contributed by atoms with Crippen LogP contribution in [0.2, 0.25) is 0 Å². The highest BCUT2D eigenvalue weighted by molar-refractivity contribution is 8.02. The van der Waals surface area contributed by atoms with Crippen LogP contribution in [0.25, 0.3) is 6.08 Å². The van der Waals surface area contributed by atoms with E-state index in [4.69, 9.17) is 4.42 Å². The minimum absolute atomic E-state index is 0.861. The molecule has 0 N–H and O–H groups in total. The minimum Gasteiger partial charge on any atom is -0.465 e. The van der Waals surface area contributed by atoms with Crippen molar-refractivity contribution in [2.75, 3.05) is 19.8 Å². The van der Waals surface area contributed by atoms with E-state index in [0.29, 0.717) is 0 Å². The van der Waals surface area contributed by atoms with E-state index in [1.54, 1.807) is 18.0 Å². The lowest BCUT2D eigenvalue weighted by Gasteiger charge is -2.23. The number of likely N-dealkylation sites (N-methyl/N-ethyl adjacent to an activating group) is 1. The van der Waals surface area contributed by atoms with E-state index in [9.17, 15) is 0 Å². The summed E-state index contributed by atoms with van der Waals surface area (Å²) in [7, 11) is 2.10. The molecule has 0 spiro atoms. The number of furan rings is 1. The van der Waals surface area contributed by atoms with Gasteiger partial charge in [-0.15, -0.1) is 11.8 Å². The minimum atomic E-state index is 0.861. The third-order valence-corrected chi connectivity index (χ3v) is 4.79. The van der Waals surface area contributed by atoms with Gasteiger partial charge in [0.2, 0.25) is 0 Å². The molecular formula is C20H25NOS. The Morgan fingerprint density at radius 3 is 2.57 bits per heavy atom. The van der Waals surface area contributed by atoms with Gasteiger partial charge in [-0.2, -0.15) is 0 Å². The molecule has 0 unspecified atom stereocenters. The fraction of sp³-hybridized carbons (Fsp3) is 0.300. The van der Waals surface area contributed by atoms with E-state index in [1.807, 2.05) is 18.2 Å². The van der Waals surface area contributed by atoms with Crippen molar-refractivity contribution in [2.24, 2.45) is 0 Å². The van der Waals surface area contributed by atoms with Gasteiger partial charge in [-0.1, -0.05) is 37.8 Å². The molecule has 0 amide bonds. The third-order valence-electron chi connectivity index (χ3n) is 4.00. The summed E-state index contributed by atoms with van der Waals surface area (Å²) in [4.78, 5) is 3.35. The number of benzene rings is 1. The van der Waals surface area contributed by atoms with E-state index >= 15 is 0 Å². The first-order valence-corrected chi connectivity index (χ1v) is 9.14.